The molecule has 44 heavy (non-hydrogen) atoms. The van der Waals surface area contributed by atoms with Crippen molar-refractivity contribution in [1.29, 1.82) is 0 Å². The van der Waals surface area contributed by atoms with Crippen molar-refractivity contribution in [3.8, 4) is 0 Å². The number of aromatic amines is 2. The van der Waals surface area contributed by atoms with Gasteiger partial charge in [0.1, 0.15) is 22.9 Å². The fourth-order valence-corrected chi connectivity index (χ4v) is 5.48. The second-order valence-corrected chi connectivity index (χ2v) is 13.4. The van der Waals surface area contributed by atoms with Crippen LogP contribution in [0.5, 0.6) is 0 Å². The first-order valence-corrected chi connectivity index (χ1v) is 15.4. The Morgan fingerprint density at radius 3 is 1.45 bits per heavy atom. The second-order valence-electron chi connectivity index (χ2n) is 13.4. The van der Waals surface area contributed by atoms with Gasteiger partial charge < -0.3 is 19.4 Å². The Morgan fingerprint density at radius 1 is 0.705 bits per heavy atom. The maximum Gasteiger partial charge on any atom is 0.410 e. The van der Waals surface area contributed by atoms with Crippen molar-refractivity contribution in [3.63, 3.8) is 0 Å². The second kappa shape index (κ2) is 12.7. The summed E-state index contributed by atoms with van der Waals surface area (Å²) in [4.78, 5) is 44.7. The molecule has 2 aliphatic heterocycles. The highest BCUT2D eigenvalue weighted by Crippen LogP contribution is 2.33. The van der Waals surface area contributed by atoms with Gasteiger partial charge in [-0.15, -0.1) is 0 Å². The minimum absolute atomic E-state index is 0.105. The first-order valence-electron chi connectivity index (χ1n) is 15.4. The molecule has 10 nitrogen and oxygen atoms in total. The van der Waals surface area contributed by atoms with E-state index < -0.39 is 11.2 Å². The van der Waals surface area contributed by atoms with E-state index in [0.717, 1.165) is 59.8 Å². The van der Waals surface area contributed by atoms with Crippen LogP contribution in [0.25, 0.3) is 24.3 Å². The van der Waals surface area contributed by atoms with Gasteiger partial charge in [-0.3, -0.25) is 9.80 Å². The van der Waals surface area contributed by atoms with Crippen LogP contribution < -0.4 is 0 Å². The van der Waals surface area contributed by atoms with Gasteiger partial charge in [-0.05, 0) is 90.5 Å². The summed E-state index contributed by atoms with van der Waals surface area (Å²) in [6, 6.07) is 8.03. The van der Waals surface area contributed by atoms with Gasteiger partial charge in [-0.2, -0.15) is 0 Å². The van der Waals surface area contributed by atoms with Crippen LogP contribution >= 0.6 is 0 Å². The van der Waals surface area contributed by atoms with E-state index in [9.17, 15) is 9.59 Å². The molecule has 2 amide bonds. The maximum absolute atomic E-state index is 12.7. The Labute approximate surface area is 259 Å². The number of nitrogens with zero attached hydrogens (tertiary/aromatic N) is 4. The van der Waals surface area contributed by atoms with Crippen molar-refractivity contribution in [2.24, 2.45) is 0 Å². The Morgan fingerprint density at radius 2 is 1.09 bits per heavy atom. The molecule has 2 fully saturated rings. The SMILES string of the molecule is CC(C)(C)OC(=O)N1CCC[C@H]1c1ncc(/C=C/c2ccc(/C=C/c3cnc([C@@H]4CCCN4C(=O)OC(C)(C)C)[nH]3)cc2)[nH]1. The van der Waals surface area contributed by atoms with Gasteiger partial charge in [0.2, 0.25) is 0 Å². The van der Waals surface area contributed by atoms with Gasteiger partial charge in [-0.1, -0.05) is 36.4 Å². The van der Waals surface area contributed by atoms with E-state index >= 15 is 0 Å². The maximum atomic E-state index is 12.7. The number of hydrogen-bond acceptors (Lipinski definition) is 6. The van der Waals surface area contributed by atoms with Crippen LogP contribution in [0.2, 0.25) is 0 Å². The number of carbonyl (C=O) groups is 2. The fourth-order valence-electron chi connectivity index (χ4n) is 5.48. The van der Waals surface area contributed by atoms with Crippen molar-refractivity contribution >= 4 is 36.5 Å². The van der Waals surface area contributed by atoms with Gasteiger partial charge in [0.05, 0.1) is 35.9 Å². The van der Waals surface area contributed by atoms with Crippen LogP contribution in [-0.2, 0) is 9.47 Å². The zero-order chi connectivity index (χ0) is 31.5. The van der Waals surface area contributed by atoms with Crippen molar-refractivity contribution in [2.75, 3.05) is 13.1 Å². The number of imidazole rings is 2. The van der Waals surface area contributed by atoms with E-state index in [1.54, 1.807) is 22.2 Å². The highest BCUT2D eigenvalue weighted by Gasteiger charge is 2.36. The number of benzene rings is 1. The van der Waals surface area contributed by atoms with E-state index in [-0.39, 0.29) is 24.3 Å². The monoisotopic (exact) mass is 600 g/mol. The first-order chi connectivity index (χ1) is 20.8. The minimum atomic E-state index is -0.530. The van der Waals surface area contributed by atoms with Crippen LogP contribution in [0.15, 0.2) is 36.7 Å². The number of amides is 2. The minimum Gasteiger partial charge on any atom is -0.444 e. The summed E-state index contributed by atoms with van der Waals surface area (Å²) in [6.07, 6.45) is 14.6. The summed E-state index contributed by atoms with van der Waals surface area (Å²) in [5.74, 6) is 1.56. The standard InChI is InChI=1S/C34H44N6O4/c1-33(2,3)43-31(41)39-19-7-9-27(39)29-35-21-25(37-29)17-15-23-11-13-24(14-12-23)16-18-26-22-36-30(38-26)28-10-8-20-40(28)32(42)44-34(4,5)6/h11-18,21-22,27-28H,7-10,19-20H2,1-6H3,(H,35,37)(H,36,38)/b17-15+,18-16+/t27-,28-/m0/s1. The highest BCUT2D eigenvalue weighted by molar-refractivity contribution is 5.72. The van der Waals surface area contributed by atoms with Crippen LogP contribution in [0.1, 0.15) is 113 Å². The summed E-state index contributed by atoms with van der Waals surface area (Å²) in [5, 5.41) is 0. The molecule has 4 heterocycles. The summed E-state index contributed by atoms with van der Waals surface area (Å²) < 4.78 is 11.2. The zero-order valence-electron chi connectivity index (χ0n) is 26.6. The average Bonchev–Trinajstić information content (AvgIpc) is 3.75. The Balaban J connectivity index is 1.17. The molecule has 2 saturated heterocycles. The topological polar surface area (TPSA) is 116 Å². The molecular formula is C34H44N6O4. The van der Waals surface area contributed by atoms with E-state index in [2.05, 4.69) is 44.2 Å². The lowest BCUT2D eigenvalue weighted by atomic mass is 10.1. The van der Waals surface area contributed by atoms with Crippen LogP contribution in [0.3, 0.4) is 0 Å². The van der Waals surface area contributed by atoms with Crippen molar-refractivity contribution in [3.05, 3.63) is 70.8 Å². The molecule has 10 heteroatoms. The number of hydrogen-bond donors (Lipinski definition) is 2. The van der Waals surface area contributed by atoms with Crippen LogP contribution in [0.4, 0.5) is 9.59 Å². The number of ether oxygens (including phenoxy) is 2. The Bertz CT molecular complexity index is 1390. The quantitative estimate of drug-likeness (QED) is 0.301. The molecule has 2 atom stereocenters. The molecule has 0 unspecified atom stereocenters. The van der Waals surface area contributed by atoms with E-state index in [0.29, 0.717) is 13.1 Å². The van der Waals surface area contributed by atoms with Gasteiger partial charge >= 0.3 is 12.2 Å². The number of likely N-dealkylation sites (tertiary alicyclic amines) is 2. The van der Waals surface area contributed by atoms with E-state index in [1.165, 1.54) is 0 Å². The van der Waals surface area contributed by atoms with Crippen molar-refractivity contribution < 1.29 is 19.1 Å². The molecular weight excluding hydrogens is 556 g/mol. The highest BCUT2D eigenvalue weighted by atomic mass is 16.6. The fraction of sp³-hybridized carbons (Fsp3) is 0.471. The summed E-state index contributed by atoms with van der Waals surface area (Å²) in [7, 11) is 0. The predicted molar refractivity (Wildman–Crippen MR) is 171 cm³/mol. The molecule has 0 radical (unpaired) electrons. The first kappa shape index (κ1) is 31.1. The number of aromatic nitrogens is 4. The number of rotatable bonds is 6. The average molecular weight is 601 g/mol. The predicted octanol–water partition coefficient (Wildman–Crippen LogP) is 7.62. The van der Waals surface area contributed by atoms with Gasteiger partial charge in [0, 0.05) is 13.1 Å². The summed E-state index contributed by atoms with van der Waals surface area (Å²) in [5.41, 5.74) is 2.81. The smallest absolute Gasteiger partial charge is 0.410 e. The van der Waals surface area contributed by atoms with Crippen LogP contribution in [-0.4, -0.2) is 66.2 Å². The molecule has 5 rings (SSSR count). The van der Waals surface area contributed by atoms with Gasteiger partial charge in [0.15, 0.2) is 0 Å². The molecule has 2 N–H and O–H groups in total. The molecule has 0 aliphatic carbocycles. The molecule has 1 aromatic carbocycles. The van der Waals surface area contributed by atoms with Crippen molar-refractivity contribution in [1.82, 2.24) is 29.7 Å². The Kier molecular flexibility index (Phi) is 8.99. The number of nitrogens with one attached hydrogen (secondary N) is 2. The zero-order valence-corrected chi connectivity index (χ0v) is 26.6. The van der Waals surface area contributed by atoms with E-state index in [4.69, 9.17) is 9.47 Å². The molecule has 0 spiro atoms. The molecule has 3 aromatic rings. The Hall–Kier alpha value is -4.34. The number of H-pyrrole nitrogens is 2. The third-order valence-electron chi connectivity index (χ3n) is 7.47. The summed E-state index contributed by atoms with van der Waals surface area (Å²) >= 11 is 0. The molecule has 234 valence electrons. The largest absolute Gasteiger partial charge is 0.444 e. The lowest BCUT2D eigenvalue weighted by molar-refractivity contribution is 0.0208. The molecule has 2 aromatic heterocycles. The lowest BCUT2D eigenvalue weighted by Gasteiger charge is -2.27. The molecule has 0 bridgehead atoms. The number of carbonyl (C=O) groups excluding carboxylic acids is 2. The van der Waals surface area contributed by atoms with Crippen molar-refractivity contribution in [2.45, 2.75) is 90.5 Å². The third-order valence-corrected chi connectivity index (χ3v) is 7.47. The molecule has 0 saturated carbocycles. The summed E-state index contributed by atoms with van der Waals surface area (Å²) in [6.45, 7) is 12.6. The third kappa shape index (κ3) is 7.98. The molecule has 2 aliphatic rings. The van der Waals surface area contributed by atoms with Gasteiger partial charge in [0.25, 0.3) is 0 Å². The normalized spacial score (nSPS) is 19.4. The van der Waals surface area contributed by atoms with E-state index in [1.807, 2.05) is 65.8 Å². The van der Waals surface area contributed by atoms with Gasteiger partial charge in [-0.25, -0.2) is 19.6 Å². The lowest BCUT2D eigenvalue weighted by Crippen LogP contribution is -2.36. The van der Waals surface area contributed by atoms with Crippen LogP contribution in [0, 0.1) is 0 Å².